The molecule has 4 nitrogen and oxygen atoms in total. The number of nitrogens with zero attached hydrogens (tertiary/aromatic N) is 2. The molecule has 0 aromatic rings. The predicted molar refractivity (Wildman–Crippen MR) is 48.7 cm³/mol. The summed E-state index contributed by atoms with van der Waals surface area (Å²) in [6, 6.07) is 0. The molecule has 0 aliphatic carbocycles. The lowest BCUT2D eigenvalue weighted by molar-refractivity contribution is -0.134. The van der Waals surface area contributed by atoms with Crippen molar-refractivity contribution in [1.29, 1.82) is 0 Å². The molecule has 1 saturated heterocycles. The Hall–Kier alpha value is -1.32. The van der Waals surface area contributed by atoms with Gasteiger partial charge in [-0.25, -0.2) is 0 Å². The molecule has 0 aromatic carbocycles. The Morgan fingerprint density at radius 1 is 1.08 bits per heavy atom. The van der Waals surface area contributed by atoms with Crippen LogP contribution in [0.5, 0.6) is 0 Å². The van der Waals surface area contributed by atoms with Gasteiger partial charge < -0.3 is 9.80 Å². The number of carbonyl (C=O) groups is 2. The van der Waals surface area contributed by atoms with E-state index in [1.54, 1.807) is 9.80 Å². The quantitative estimate of drug-likeness (QED) is 0.520. The number of hydrogen-bond donors (Lipinski definition) is 0. The summed E-state index contributed by atoms with van der Waals surface area (Å²) in [4.78, 5) is 25.3. The van der Waals surface area contributed by atoms with Gasteiger partial charge in [-0.15, -0.1) is 0 Å². The Kier molecular flexibility index (Phi) is 3.06. The van der Waals surface area contributed by atoms with E-state index in [1.165, 1.54) is 6.08 Å². The summed E-state index contributed by atoms with van der Waals surface area (Å²) in [5.74, 6) is -0.248. The molecule has 4 heteroatoms. The van der Waals surface area contributed by atoms with Crippen LogP contribution in [0, 0.1) is 6.92 Å². The summed E-state index contributed by atoms with van der Waals surface area (Å²) in [7, 11) is 0. The van der Waals surface area contributed by atoms with E-state index in [4.69, 9.17) is 0 Å². The van der Waals surface area contributed by atoms with Crippen molar-refractivity contribution in [3.05, 3.63) is 19.6 Å². The summed E-state index contributed by atoms with van der Waals surface area (Å²) < 4.78 is 0. The van der Waals surface area contributed by atoms with Gasteiger partial charge in [-0.2, -0.15) is 0 Å². The molecule has 2 amide bonds. The lowest BCUT2D eigenvalue weighted by Crippen LogP contribution is -2.49. The maximum atomic E-state index is 11.1. The zero-order valence-corrected chi connectivity index (χ0v) is 7.53. The van der Waals surface area contributed by atoms with Crippen LogP contribution in [0.15, 0.2) is 12.7 Å². The first-order chi connectivity index (χ1) is 6.15. The van der Waals surface area contributed by atoms with Crippen molar-refractivity contribution in [1.82, 2.24) is 9.80 Å². The molecule has 1 rings (SSSR count). The van der Waals surface area contributed by atoms with E-state index in [1.807, 2.05) is 0 Å². The zero-order chi connectivity index (χ0) is 9.84. The fourth-order valence-electron chi connectivity index (χ4n) is 1.31. The van der Waals surface area contributed by atoms with Crippen LogP contribution in [-0.2, 0) is 9.59 Å². The van der Waals surface area contributed by atoms with Gasteiger partial charge in [0, 0.05) is 33.1 Å². The number of piperazine rings is 1. The molecular weight excluding hydrogens is 168 g/mol. The molecule has 71 valence electrons. The van der Waals surface area contributed by atoms with Crippen LogP contribution in [0.25, 0.3) is 0 Å². The highest BCUT2D eigenvalue weighted by Gasteiger charge is 2.20. The Morgan fingerprint density at radius 3 is 1.92 bits per heavy atom. The SMILES string of the molecule is [CH2]C(=O)N1CCN(C(=O)C=C)CC1. The molecule has 0 unspecified atom stereocenters. The van der Waals surface area contributed by atoms with E-state index >= 15 is 0 Å². The summed E-state index contributed by atoms with van der Waals surface area (Å²) in [6.07, 6.45) is 1.29. The second-order valence-corrected chi connectivity index (χ2v) is 2.91. The van der Waals surface area contributed by atoms with Crippen LogP contribution in [0.3, 0.4) is 0 Å². The summed E-state index contributed by atoms with van der Waals surface area (Å²) in [5, 5.41) is 0. The molecule has 0 saturated carbocycles. The van der Waals surface area contributed by atoms with Gasteiger partial charge >= 0.3 is 0 Å². The van der Waals surface area contributed by atoms with Crippen molar-refractivity contribution in [3.63, 3.8) is 0 Å². The average Bonchev–Trinajstić information content (AvgIpc) is 2.17. The van der Waals surface area contributed by atoms with Crippen LogP contribution in [0.1, 0.15) is 0 Å². The van der Waals surface area contributed by atoms with Gasteiger partial charge in [0.05, 0.1) is 0 Å². The average molecular weight is 181 g/mol. The fourth-order valence-corrected chi connectivity index (χ4v) is 1.31. The Bertz CT molecular complexity index is 230. The molecule has 0 bridgehead atoms. The third-order valence-corrected chi connectivity index (χ3v) is 2.12. The lowest BCUT2D eigenvalue weighted by Gasteiger charge is -2.33. The summed E-state index contributed by atoms with van der Waals surface area (Å²) in [5.41, 5.74) is 0. The minimum absolute atomic E-state index is 0.0730. The first kappa shape index (κ1) is 9.77. The molecule has 1 fully saturated rings. The largest absolute Gasteiger partial charge is 0.339 e. The molecule has 0 spiro atoms. The smallest absolute Gasteiger partial charge is 0.246 e. The standard InChI is InChI=1S/C9H13N2O2/c1-3-9(13)11-6-4-10(5-7-11)8(2)12/h3H,1-2,4-7H2. The Balaban J connectivity index is 2.43. The predicted octanol–water partition coefficient (Wildman–Crippen LogP) is -0.323. The van der Waals surface area contributed by atoms with E-state index < -0.39 is 0 Å². The van der Waals surface area contributed by atoms with Crippen molar-refractivity contribution >= 4 is 11.8 Å². The highest BCUT2D eigenvalue weighted by atomic mass is 16.2. The molecule has 1 radical (unpaired) electrons. The van der Waals surface area contributed by atoms with E-state index in [0.717, 1.165) is 0 Å². The first-order valence-corrected chi connectivity index (χ1v) is 4.17. The van der Waals surface area contributed by atoms with Gasteiger partial charge in [-0.3, -0.25) is 9.59 Å². The lowest BCUT2D eigenvalue weighted by atomic mass is 10.3. The highest BCUT2D eigenvalue weighted by molar-refractivity contribution is 5.87. The van der Waals surface area contributed by atoms with E-state index in [-0.39, 0.29) is 11.8 Å². The Labute approximate surface area is 77.8 Å². The molecule has 1 aliphatic rings. The molecule has 1 heterocycles. The minimum Gasteiger partial charge on any atom is -0.339 e. The van der Waals surface area contributed by atoms with Gasteiger partial charge in [-0.05, 0) is 6.08 Å². The van der Waals surface area contributed by atoms with Gasteiger partial charge in [0.1, 0.15) is 0 Å². The van der Waals surface area contributed by atoms with Crippen LogP contribution in [0.2, 0.25) is 0 Å². The second-order valence-electron chi connectivity index (χ2n) is 2.91. The van der Waals surface area contributed by atoms with Crippen molar-refractivity contribution < 1.29 is 9.59 Å². The van der Waals surface area contributed by atoms with Crippen LogP contribution in [0.4, 0.5) is 0 Å². The van der Waals surface area contributed by atoms with Crippen molar-refractivity contribution in [2.45, 2.75) is 0 Å². The third-order valence-electron chi connectivity index (χ3n) is 2.12. The number of amides is 2. The number of rotatable bonds is 1. The van der Waals surface area contributed by atoms with Crippen LogP contribution >= 0.6 is 0 Å². The van der Waals surface area contributed by atoms with Crippen molar-refractivity contribution in [2.75, 3.05) is 26.2 Å². The topological polar surface area (TPSA) is 40.6 Å². The second kappa shape index (κ2) is 4.07. The maximum absolute atomic E-state index is 11.1. The van der Waals surface area contributed by atoms with E-state index in [9.17, 15) is 9.59 Å². The maximum Gasteiger partial charge on any atom is 0.246 e. The van der Waals surface area contributed by atoms with Crippen LogP contribution < -0.4 is 0 Å². The van der Waals surface area contributed by atoms with Gasteiger partial charge in [0.25, 0.3) is 0 Å². The molecule has 1 aliphatic heterocycles. The monoisotopic (exact) mass is 181 g/mol. The van der Waals surface area contributed by atoms with Crippen molar-refractivity contribution in [3.8, 4) is 0 Å². The van der Waals surface area contributed by atoms with Crippen molar-refractivity contribution in [2.24, 2.45) is 0 Å². The van der Waals surface area contributed by atoms with Gasteiger partial charge in [0.2, 0.25) is 11.8 Å². The summed E-state index contributed by atoms with van der Waals surface area (Å²) >= 11 is 0. The Morgan fingerprint density at radius 2 is 1.54 bits per heavy atom. The summed E-state index contributed by atoms with van der Waals surface area (Å²) in [6.45, 7) is 9.02. The zero-order valence-electron chi connectivity index (χ0n) is 7.53. The molecular formula is C9H13N2O2. The molecule has 0 atom stereocenters. The molecule has 0 N–H and O–H groups in total. The highest BCUT2D eigenvalue weighted by Crippen LogP contribution is 2.02. The minimum atomic E-state index is -0.175. The van der Waals surface area contributed by atoms with E-state index in [2.05, 4.69) is 13.5 Å². The number of hydrogen-bond acceptors (Lipinski definition) is 2. The van der Waals surface area contributed by atoms with Gasteiger partial charge in [-0.1, -0.05) is 6.58 Å². The molecule has 0 aromatic heterocycles. The van der Waals surface area contributed by atoms with Crippen LogP contribution in [-0.4, -0.2) is 47.8 Å². The van der Waals surface area contributed by atoms with E-state index in [0.29, 0.717) is 26.2 Å². The molecule has 13 heavy (non-hydrogen) atoms. The normalized spacial score (nSPS) is 17.0. The third kappa shape index (κ3) is 2.31. The first-order valence-electron chi connectivity index (χ1n) is 4.17. The van der Waals surface area contributed by atoms with Gasteiger partial charge in [0.15, 0.2) is 0 Å². The fraction of sp³-hybridized carbons (Fsp3) is 0.444. The number of carbonyl (C=O) groups excluding carboxylic acids is 2.